The van der Waals surface area contributed by atoms with Crippen molar-refractivity contribution in [2.24, 2.45) is 0 Å². The van der Waals surface area contributed by atoms with Crippen LogP contribution in [-0.4, -0.2) is 41.8 Å². The molecule has 6 nitrogen and oxygen atoms in total. The van der Waals surface area contributed by atoms with Crippen LogP contribution in [0.5, 0.6) is 0 Å². The fourth-order valence-electron chi connectivity index (χ4n) is 2.72. The topological polar surface area (TPSA) is 67.3 Å². The monoisotopic (exact) mass is 290 g/mol. The summed E-state index contributed by atoms with van der Waals surface area (Å²) in [6, 6.07) is 2.08. The molecule has 1 N–H and O–H groups in total. The maximum absolute atomic E-state index is 11.5. The third-order valence-electron chi connectivity index (χ3n) is 3.94. The highest BCUT2D eigenvalue weighted by Gasteiger charge is 2.28. The molecule has 0 bridgehead atoms. The summed E-state index contributed by atoms with van der Waals surface area (Å²) >= 11 is 0. The molecule has 1 aliphatic heterocycles. The van der Waals surface area contributed by atoms with Gasteiger partial charge in [0.2, 0.25) is 0 Å². The number of nitrogens with zero attached hydrogens (tertiary/aromatic N) is 3. The van der Waals surface area contributed by atoms with Crippen molar-refractivity contribution in [2.45, 2.75) is 44.6 Å². The minimum Gasteiger partial charge on any atom is -0.450 e. The Morgan fingerprint density at radius 1 is 1.48 bits per heavy atom. The average molecular weight is 290 g/mol. The van der Waals surface area contributed by atoms with Crippen molar-refractivity contribution in [2.75, 3.05) is 24.6 Å². The third-order valence-corrected chi connectivity index (χ3v) is 3.94. The summed E-state index contributed by atoms with van der Waals surface area (Å²) < 4.78 is 4.95. The van der Waals surface area contributed by atoms with E-state index in [1.54, 1.807) is 0 Å². The molecule has 0 radical (unpaired) electrons. The number of ether oxygens (including phenoxy) is 1. The first kappa shape index (κ1) is 14.1. The van der Waals surface area contributed by atoms with E-state index in [9.17, 15) is 4.79 Å². The Hall–Kier alpha value is -1.85. The smallest absolute Gasteiger partial charge is 0.407 e. The van der Waals surface area contributed by atoms with E-state index in [1.807, 2.05) is 19.2 Å². The van der Waals surface area contributed by atoms with Crippen LogP contribution in [0.4, 0.5) is 10.6 Å². The van der Waals surface area contributed by atoms with E-state index < -0.39 is 0 Å². The lowest BCUT2D eigenvalue weighted by atomic mass is 10.1. The number of carbonyl (C=O) groups excluding carboxylic acids is 1. The van der Waals surface area contributed by atoms with E-state index in [0.29, 0.717) is 12.5 Å². The fraction of sp³-hybridized carbons (Fsp3) is 0.667. The molecule has 1 atom stereocenters. The second-order valence-electron chi connectivity index (χ2n) is 5.70. The SMILES string of the molecule is CCOC(=O)NC1CCCN(c2ccnc(C3CC3)n2)C1. The molecule has 21 heavy (non-hydrogen) atoms. The van der Waals surface area contributed by atoms with Crippen LogP contribution >= 0.6 is 0 Å². The highest BCUT2D eigenvalue weighted by atomic mass is 16.5. The number of alkyl carbamates (subject to hydrolysis) is 1. The van der Waals surface area contributed by atoms with E-state index in [-0.39, 0.29) is 12.1 Å². The number of piperidine rings is 1. The summed E-state index contributed by atoms with van der Waals surface area (Å²) in [5, 5.41) is 2.92. The minimum atomic E-state index is -0.328. The Bertz CT molecular complexity index is 504. The molecule has 0 aromatic carbocycles. The lowest BCUT2D eigenvalue weighted by Crippen LogP contribution is -2.48. The first-order valence-electron chi connectivity index (χ1n) is 7.77. The van der Waals surface area contributed by atoms with Gasteiger partial charge in [-0.15, -0.1) is 0 Å². The van der Waals surface area contributed by atoms with E-state index >= 15 is 0 Å². The number of hydrogen-bond donors (Lipinski definition) is 1. The number of carbonyl (C=O) groups is 1. The second-order valence-corrected chi connectivity index (χ2v) is 5.70. The molecule has 1 saturated carbocycles. The van der Waals surface area contributed by atoms with Crippen molar-refractivity contribution in [1.82, 2.24) is 15.3 Å². The maximum atomic E-state index is 11.5. The van der Waals surface area contributed by atoms with Crippen LogP contribution < -0.4 is 10.2 Å². The van der Waals surface area contributed by atoms with Gasteiger partial charge in [0.15, 0.2) is 0 Å². The van der Waals surface area contributed by atoms with Gasteiger partial charge in [-0.2, -0.15) is 0 Å². The summed E-state index contributed by atoms with van der Waals surface area (Å²) in [5.74, 6) is 2.50. The predicted octanol–water partition coefficient (Wildman–Crippen LogP) is 2.07. The van der Waals surface area contributed by atoms with Gasteiger partial charge in [-0.1, -0.05) is 0 Å². The van der Waals surface area contributed by atoms with Gasteiger partial charge in [-0.05, 0) is 38.7 Å². The molecule has 1 unspecified atom stereocenters. The number of anilines is 1. The quantitative estimate of drug-likeness (QED) is 0.919. The Labute approximate surface area is 124 Å². The molecule has 1 aromatic rings. The number of hydrogen-bond acceptors (Lipinski definition) is 5. The largest absolute Gasteiger partial charge is 0.450 e. The summed E-state index contributed by atoms with van der Waals surface area (Å²) in [4.78, 5) is 22.8. The van der Waals surface area contributed by atoms with Gasteiger partial charge in [0, 0.05) is 31.2 Å². The zero-order valence-electron chi connectivity index (χ0n) is 12.4. The summed E-state index contributed by atoms with van der Waals surface area (Å²) in [6.07, 6.45) is 5.95. The van der Waals surface area contributed by atoms with Crippen LogP contribution in [0.2, 0.25) is 0 Å². The molecule has 1 amide bonds. The zero-order chi connectivity index (χ0) is 14.7. The second kappa shape index (κ2) is 6.28. The first-order chi connectivity index (χ1) is 10.3. The summed E-state index contributed by atoms with van der Waals surface area (Å²) in [5.41, 5.74) is 0. The Morgan fingerprint density at radius 2 is 2.33 bits per heavy atom. The molecular weight excluding hydrogens is 268 g/mol. The van der Waals surface area contributed by atoms with E-state index in [4.69, 9.17) is 4.74 Å². The van der Waals surface area contributed by atoms with Crippen LogP contribution in [-0.2, 0) is 4.74 Å². The van der Waals surface area contributed by atoms with E-state index in [1.165, 1.54) is 12.8 Å². The van der Waals surface area contributed by atoms with Gasteiger partial charge in [0.25, 0.3) is 0 Å². The van der Waals surface area contributed by atoms with Crippen LogP contribution in [0.15, 0.2) is 12.3 Å². The van der Waals surface area contributed by atoms with Gasteiger partial charge >= 0.3 is 6.09 Å². The van der Waals surface area contributed by atoms with Gasteiger partial charge in [-0.25, -0.2) is 14.8 Å². The number of amides is 1. The first-order valence-corrected chi connectivity index (χ1v) is 7.77. The Morgan fingerprint density at radius 3 is 3.10 bits per heavy atom. The molecule has 6 heteroatoms. The molecule has 1 aliphatic carbocycles. The van der Waals surface area contributed by atoms with E-state index in [0.717, 1.165) is 37.6 Å². The van der Waals surface area contributed by atoms with Gasteiger partial charge < -0.3 is 15.0 Å². The molecular formula is C15H22N4O2. The normalized spacial score (nSPS) is 22.0. The highest BCUT2D eigenvalue weighted by Crippen LogP contribution is 2.38. The summed E-state index contributed by atoms with van der Waals surface area (Å²) in [7, 11) is 0. The molecule has 0 spiro atoms. The van der Waals surface area contributed by atoms with Crippen LogP contribution in [0, 0.1) is 0 Å². The van der Waals surface area contributed by atoms with Crippen molar-refractivity contribution in [3.63, 3.8) is 0 Å². The van der Waals surface area contributed by atoms with Gasteiger partial charge in [-0.3, -0.25) is 0 Å². The van der Waals surface area contributed by atoms with Crippen molar-refractivity contribution in [3.8, 4) is 0 Å². The molecule has 3 rings (SSSR count). The molecule has 2 aliphatic rings. The number of rotatable bonds is 4. The molecule has 1 aromatic heterocycles. The van der Waals surface area contributed by atoms with Crippen molar-refractivity contribution in [3.05, 3.63) is 18.1 Å². The van der Waals surface area contributed by atoms with Crippen molar-refractivity contribution in [1.29, 1.82) is 0 Å². The van der Waals surface area contributed by atoms with Crippen LogP contribution in [0.25, 0.3) is 0 Å². The third kappa shape index (κ3) is 3.62. The predicted molar refractivity (Wildman–Crippen MR) is 79.4 cm³/mol. The zero-order valence-corrected chi connectivity index (χ0v) is 12.4. The lowest BCUT2D eigenvalue weighted by Gasteiger charge is -2.33. The van der Waals surface area contributed by atoms with Crippen LogP contribution in [0.1, 0.15) is 44.3 Å². The van der Waals surface area contributed by atoms with E-state index in [2.05, 4.69) is 20.2 Å². The molecule has 1 saturated heterocycles. The highest BCUT2D eigenvalue weighted by molar-refractivity contribution is 5.67. The molecule has 114 valence electrons. The van der Waals surface area contributed by atoms with Crippen molar-refractivity contribution < 1.29 is 9.53 Å². The average Bonchev–Trinajstić information content (AvgIpc) is 3.33. The number of aromatic nitrogens is 2. The molecule has 2 fully saturated rings. The standard InChI is InChI=1S/C15H22N4O2/c1-2-21-15(20)17-12-4-3-9-19(10-12)13-7-8-16-14(18-13)11-5-6-11/h7-8,11-12H,2-6,9-10H2,1H3,(H,17,20). The molecule has 2 heterocycles. The van der Waals surface area contributed by atoms with Crippen molar-refractivity contribution >= 4 is 11.9 Å². The van der Waals surface area contributed by atoms with Gasteiger partial charge in [0.05, 0.1) is 6.61 Å². The Balaban J connectivity index is 1.62. The summed E-state index contributed by atoms with van der Waals surface area (Å²) in [6.45, 7) is 3.97. The lowest BCUT2D eigenvalue weighted by molar-refractivity contribution is 0.146. The minimum absolute atomic E-state index is 0.122. The number of nitrogens with one attached hydrogen (secondary N) is 1. The van der Waals surface area contributed by atoms with Gasteiger partial charge in [0.1, 0.15) is 11.6 Å². The maximum Gasteiger partial charge on any atom is 0.407 e. The fourth-order valence-corrected chi connectivity index (χ4v) is 2.72. The Kier molecular flexibility index (Phi) is 4.22. The van der Waals surface area contributed by atoms with Crippen LogP contribution in [0.3, 0.4) is 0 Å².